The Morgan fingerprint density at radius 3 is 2.31 bits per heavy atom. The van der Waals surface area contributed by atoms with Crippen LogP contribution in [0.4, 0.5) is 0 Å². The molecular formula is C8H6N2O5S. The van der Waals surface area contributed by atoms with Crippen LogP contribution in [0.3, 0.4) is 0 Å². The summed E-state index contributed by atoms with van der Waals surface area (Å²) in [5.41, 5.74) is 8.44. The summed E-state index contributed by atoms with van der Waals surface area (Å²) in [5.74, 6) is -2.10. The molecule has 16 heavy (non-hydrogen) atoms. The number of hydrogen-bond acceptors (Lipinski definition) is 4. The van der Waals surface area contributed by atoms with E-state index in [1.807, 2.05) is 0 Å². The lowest BCUT2D eigenvalue weighted by atomic mass is 10.1. The van der Waals surface area contributed by atoms with Crippen LogP contribution in [-0.4, -0.2) is 29.4 Å². The summed E-state index contributed by atoms with van der Waals surface area (Å²) in [4.78, 5) is 13.8. The van der Waals surface area contributed by atoms with E-state index >= 15 is 0 Å². The Balaban J connectivity index is 3.02. The van der Waals surface area contributed by atoms with Gasteiger partial charge in [-0.2, -0.15) is 8.42 Å². The molecule has 1 aromatic carbocycles. The molecule has 0 amide bonds. The lowest BCUT2D eigenvalue weighted by Gasteiger charge is -1.95. The molecule has 0 unspecified atom stereocenters. The van der Waals surface area contributed by atoms with E-state index < -0.39 is 22.1 Å². The predicted molar refractivity (Wildman–Crippen MR) is 52.0 cm³/mol. The quantitative estimate of drug-likeness (QED) is 0.204. The standard InChI is InChI=1S/C8H6N2O5S/c9-10-8(15-16(12,13)14)7(11)6-4-2-1-3-5-6/h1-5H,(H,12,13,14). The summed E-state index contributed by atoms with van der Waals surface area (Å²) >= 11 is 0. The topological polar surface area (TPSA) is 117 Å². The van der Waals surface area contributed by atoms with Crippen LogP contribution in [0, 0.1) is 0 Å². The normalized spacial score (nSPS) is 10.3. The molecule has 0 aliphatic rings. The molecule has 0 aliphatic carbocycles. The van der Waals surface area contributed by atoms with Gasteiger partial charge in [0.15, 0.2) is 0 Å². The van der Waals surface area contributed by atoms with Crippen LogP contribution in [0.2, 0.25) is 0 Å². The van der Waals surface area contributed by atoms with E-state index in [9.17, 15) is 13.2 Å². The highest BCUT2D eigenvalue weighted by atomic mass is 32.3. The maximum absolute atomic E-state index is 11.5. The molecule has 0 fully saturated rings. The molecule has 0 spiro atoms. The van der Waals surface area contributed by atoms with E-state index in [0.717, 1.165) is 0 Å². The van der Waals surface area contributed by atoms with Crippen LogP contribution in [0.1, 0.15) is 10.4 Å². The first-order valence-corrected chi connectivity index (χ1v) is 5.29. The SMILES string of the molecule is [N-]=[N+]=C(OS(=O)(=O)O)C(=O)c1ccccc1. The van der Waals surface area contributed by atoms with Gasteiger partial charge in [-0.05, 0) is 0 Å². The lowest BCUT2D eigenvalue weighted by molar-refractivity contribution is -0.0271. The Morgan fingerprint density at radius 2 is 1.88 bits per heavy atom. The molecule has 7 nitrogen and oxygen atoms in total. The number of carbonyl (C=O) groups excluding carboxylic acids is 1. The number of hydrogen-bond donors (Lipinski definition) is 1. The maximum Gasteiger partial charge on any atom is 0.540 e. The molecule has 0 radical (unpaired) electrons. The highest BCUT2D eigenvalue weighted by Gasteiger charge is 2.29. The van der Waals surface area contributed by atoms with E-state index in [4.69, 9.17) is 10.1 Å². The monoisotopic (exact) mass is 242 g/mol. The summed E-state index contributed by atoms with van der Waals surface area (Å²) in [7, 11) is -4.90. The Bertz CT molecular complexity index is 545. The van der Waals surface area contributed by atoms with Crippen LogP contribution in [-0.2, 0) is 14.6 Å². The van der Waals surface area contributed by atoms with Gasteiger partial charge in [0.05, 0.1) is 0 Å². The first-order valence-electron chi connectivity index (χ1n) is 3.93. The van der Waals surface area contributed by atoms with Crippen molar-refractivity contribution in [3.05, 3.63) is 41.4 Å². The van der Waals surface area contributed by atoms with Crippen molar-refractivity contribution in [1.82, 2.24) is 0 Å². The average Bonchev–Trinajstić information content (AvgIpc) is 2.25. The van der Waals surface area contributed by atoms with Crippen molar-refractivity contribution in [3.63, 3.8) is 0 Å². The highest BCUT2D eigenvalue weighted by Crippen LogP contribution is 2.02. The van der Waals surface area contributed by atoms with Crippen molar-refractivity contribution < 1.29 is 26.7 Å². The van der Waals surface area contributed by atoms with Gasteiger partial charge >= 0.3 is 22.1 Å². The zero-order chi connectivity index (χ0) is 12.2. The number of benzene rings is 1. The Morgan fingerprint density at radius 1 is 1.31 bits per heavy atom. The second kappa shape index (κ2) is 4.67. The Hall–Kier alpha value is -2.02. The van der Waals surface area contributed by atoms with Crippen molar-refractivity contribution in [2.75, 3.05) is 0 Å². The van der Waals surface area contributed by atoms with Crippen molar-refractivity contribution in [2.45, 2.75) is 0 Å². The second-order valence-electron chi connectivity index (χ2n) is 2.61. The number of nitrogens with zero attached hydrogens (tertiary/aromatic N) is 2. The van der Waals surface area contributed by atoms with Gasteiger partial charge in [-0.1, -0.05) is 30.3 Å². The van der Waals surface area contributed by atoms with Gasteiger partial charge in [0.1, 0.15) is 0 Å². The van der Waals surface area contributed by atoms with Gasteiger partial charge in [0, 0.05) is 5.56 Å². The molecule has 0 aliphatic heterocycles. The van der Waals surface area contributed by atoms with Gasteiger partial charge in [0.2, 0.25) is 0 Å². The molecule has 0 aromatic heterocycles. The molecule has 0 heterocycles. The molecular weight excluding hydrogens is 236 g/mol. The molecule has 0 bridgehead atoms. The number of carbonyl (C=O) groups is 1. The molecule has 8 heteroatoms. The van der Waals surface area contributed by atoms with Crippen molar-refractivity contribution >= 4 is 22.1 Å². The van der Waals surface area contributed by atoms with Gasteiger partial charge < -0.3 is 5.53 Å². The lowest BCUT2D eigenvalue weighted by Crippen LogP contribution is -2.22. The van der Waals surface area contributed by atoms with Gasteiger partial charge in [-0.15, -0.1) is 4.79 Å². The van der Waals surface area contributed by atoms with Gasteiger partial charge in [-0.3, -0.25) is 13.5 Å². The molecule has 0 atom stereocenters. The zero-order valence-corrected chi connectivity index (χ0v) is 8.59. The largest absolute Gasteiger partial charge is 0.540 e. The van der Waals surface area contributed by atoms with E-state index in [1.54, 1.807) is 6.07 Å². The van der Waals surface area contributed by atoms with E-state index in [1.165, 1.54) is 24.3 Å². The molecule has 1 N–H and O–H groups in total. The molecule has 0 saturated carbocycles. The molecule has 84 valence electrons. The smallest absolute Gasteiger partial charge is 0.357 e. The van der Waals surface area contributed by atoms with Crippen LogP contribution in [0.25, 0.3) is 5.53 Å². The summed E-state index contributed by atoms with van der Waals surface area (Å²) in [6.45, 7) is 0. The van der Waals surface area contributed by atoms with E-state index in [-0.39, 0.29) is 5.56 Å². The molecule has 1 rings (SSSR count). The van der Waals surface area contributed by atoms with Gasteiger partial charge in [0.25, 0.3) is 0 Å². The van der Waals surface area contributed by atoms with Crippen LogP contribution in [0.15, 0.2) is 30.3 Å². The van der Waals surface area contributed by atoms with E-state index in [0.29, 0.717) is 0 Å². The van der Waals surface area contributed by atoms with Crippen molar-refractivity contribution in [1.29, 1.82) is 0 Å². The Labute approximate surface area is 90.9 Å². The second-order valence-corrected chi connectivity index (χ2v) is 3.63. The average molecular weight is 242 g/mol. The van der Waals surface area contributed by atoms with Gasteiger partial charge in [-0.25, -0.2) is 0 Å². The fourth-order valence-electron chi connectivity index (χ4n) is 0.913. The molecule has 0 saturated heterocycles. The first kappa shape index (κ1) is 12.1. The minimum atomic E-state index is -4.90. The summed E-state index contributed by atoms with van der Waals surface area (Å²) in [5, 5.41) is 0. The third kappa shape index (κ3) is 3.28. The number of rotatable bonds is 3. The first-order chi connectivity index (χ1) is 7.44. The Kier molecular flexibility index (Phi) is 3.51. The summed E-state index contributed by atoms with van der Waals surface area (Å²) in [6, 6.07) is 7.41. The molecule has 1 aromatic rings. The minimum absolute atomic E-state index is 0.0546. The maximum atomic E-state index is 11.5. The van der Waals surface area contributed by atoms with Crippen LogP contribution >= 0.6 is 0 Å². The highest BCUT2D eigenvalue weighted by molar-refractivity contribution is 7.81. The number of Topliss-reactive ketones (excluding diaryl/α,β-unsaturated/α-hetero) is 1. The number of ketones is 1. The van der Waals surface area contributed by atoms with Crippen molar-refractivity contribution in [3.8, 4) is 0 Å². The third-order valence-corrected chi connectivity index (χ3v) is 1.87. The minimum Gasteiger partial charge on any atom is -0.357 e. The fourth-order valence-corrected chi connectivity index (χ4v) is 1.22. The summed E-state index contributed by atoms with van der Waals surface area (Å²) < 4.78 is 32.8. The predicted octanol–water partition coefficient (Wildman–Crippen LogP) is 0.317. The van der Waals surface area contributed by atoms with E-state index in [2.05, 4.69) is 8.97 Å². The fraction of sp³-hybridized carbons (Fsp3) is 0. The third-order valence-electron chi connectivity index (χ3n) is 1.51. The van der Waals surface area contributed by atoms with Crippen LogP contribution < -0.4 is 0 Å². The van der Waals surface area contributed by atoms with Crippen LogP contribution in [0.5, 0.6) is 0 Å². The zero-order valence-electron chi connectivity index (χ0n) is 7.77. The van der Waals surface area contributed by atoms with Crippen molar-refractivity contribution in [2.24, 2.45) is 0 Å². The summed E-state index contributed by atoms with van der Waals surface area (Å²) in [6.07, 6.45) is 0.